The van der Waals surface area contributed by atoms with E-state index in [2.05, 4.69) is 0 Å². The van der Waals surface area contributed by atoms with E-state index < -0.39 is 12.1 Å². The van der Waals surface area contributed by atoms with E-state index in [1.165, 1.54) is 12.1 Å². The van der Waals surface area contributed by atoms with Crippen LogP contribution in [0.15, 0.2) is 12.1 Å². The standard InChI is InChI=1S/C9H7ClO5/c10-5-2-1-4(6(11)9(12)13)7-8(5)15-3-14-7/h1-2,6,11H,3H2,(H,12,13). The van der Waals surface area contributed by atoms with E-state index in [-0.39, 0.29) is 23.9 Å². The number of rotatable bonds is 2. The van der Waals surface area contributed by atoms with Crippen LogP contribution >= 0.6 is 11.6 Å². The molecular formula is C9H7ClO5. The van der Waals surface area contributed by atoms with Crippen molar-refractivity contribution in [2.75, 3.05) is 6.79 Å². The van der Waals surface area contributed by atoms with Crippen molar-refractivity contribution in [3.63, 3.8) is 0 Å². The monoisotopic (exact) mass is 230 g/mol. The molecule has 1 atom stereocenters. The zero-order chi connectivity index (χ0) is 11.0. The molecule has 5 nitrogen and oxygen atoms in total. The van der Waals surface area contributed by atoms with E-state index in [0.717, 1.165) is 0 Å². The molecule has 6 heteroatoms. The maximum absolute atomic E-state index is 10.6. The lowest BCUT2D eigenvalue weighted by Crippen LogP contribution is -2.11. The Balaban J connectivity index is 2.50. The summed E-state index contributed by atoms with van der Waals surface area (Å²) in [5.41, 5.74) is 0.138. The molecule has 2 rings (SSSR count). The van der Waals surface area contributed by atoms with Gasteiger partial charge in [-0.15, -0.1) is 0 Å². The first kappa shape index (κ1) is 10.1. The number of aliphatic hydroxyl groups excluding tert-OH is 1. The third kappa shape index (κ3) is 1.60. The molecule has 1 aliphatic rings. The van der Waals surface area contributed by atoms with Gasteiger partial charge in [-0.1, -0.05) is 17.7 Å². The van der Waals surface area contributed by atoms with E-state index >= 15 is 0 Å². The summed E-state index contributed by atoms with van der Waals surface area (Å²) in [6, 6.07) is 2.85. The first-order valence-electron chi connectivity index (χ1n) is 4.10. The Labute approximate surface area is 89.8 Å². The molecule has 80 valence electrons. The summed E-state index contributed by atoms with van der Waals surface area (Å²) < 4.78 is 10.1. The molecule has 0 aliphatic carbocycles. The Morgan fingerprint density at radius 2 is 2.07 bits per heavy atom. The molecule has 2 N–H and O–H groups in total. The summed E-state index contributed by atoms with van der Waals surface area (Å²) in [4.78, 5) is 10.6. The predicted molar refractivity (Wildman–Crippen MR) is 50.2 cm³/mol. The van der Waals surface area contributed by atoms with Crippen LogP contribution in [0.2, 0.25) is 5.02 Å². The molecule has 1 heterocycles. The lowest BCUT2D eigenvalue weighted by molar-refractivity contribution is -0.147. The molecule has 0 fully saturated rings. The molecule has 1 aromatic carbocycles. The van der Waals surface area contributed by atoms with Gasteiger partial charge in [-0.25, -0.2) is 4.79 Å². The molecule has 0 radical (unpaired) electrons. The molecule has 0 aromatic heterocycles. The van der Waals surface area contributed by atoms with Crippen LogP contribution in [0.1, 0.15) is 11.7 Å². The van der Waals surface area contributed by atoms with Gasteiger partial charge in [-0.2, -0.15) is 0 Å². The van der Waals surface area contributed by atoms with Crippen LogP contribution in [-0.2, 0) is 4.79 Å². The zero-order valence-corrected chi connectivity index (χ0v) is 8.19. The third-order valence-electron chi connectivity index (χ3n) is 2.03. The summed E-state index contributed by atoms with van der Waals surface area (Å²) >= 11 is 5.79. The van der Waals surface area contributed by atoms with Crippen LogP contribution in [0.3, 0.4) is 0 Å². The molecule has 15 heavy (non-hydrogen) atoms. The maximum Gasteiger partial charge on any atom is 0.337 e. The van der Waals surface area contributed by atoms with Gasteiger partial charge in [0, 0.05) is 5.56 Å². The molecule has 0 spiro atoms. The first-order valence-corrected chi connectivity index (χ1v) is 4.48. The molecule has 1 aromatic rings. The van der Waals surface area contributed by atoms with Crippen molar-refractivity contribution < 1.29 is 24.5 Å². The van der Waals surface area contributed by atoms with Gasteiger partial charge in [0.25, 0.3) is 0 Å². The maximum atomic E-state index is 10.6. The average molecular weight is 231 g/mol. The number of hydrogen-bond donors (Lipinski definition) is 2. The van der Waals surface area contributed by atoms with E-state index in [4.69, 9.17) is 26.2 Å². The second-order valence-corrected chi connectivity index (χ2v) is 3.35. The summed E-state index contributed by atoms with van der Waals surface area (Å²) in [5, 5.41) is 18.4. The van der Waals surface area contributed by atoms with Crippen molar-refractivity contribution in [2.45, 2.75) is 6.10 Å². The average Bonchev–Trinajstić information content (AvgIpc) is 2.66. The lowest BCUT2D eigenvalue weighted by Gasteiger charge is -2.09. The van der Waals surface area contributed by atoms with Crippen LogP contribution in [-0.4, -0.2) is 23.0 Å². The Kier molecular flexibility index (Phi) is 2.42. The van der Waals surface area contributed by atoms with E-state index in [1.807, 2.05) is 0 Å². The van der Waals surface area contributed by atoms with Crippen LogP contribution < -0.4 is 9.47 Å². The Morgan fingerprint density at radius 1 is 1.40 bits per heavy atom. The Bertz CT molecular complexity index is 417. The molecule has 0 amide bonds. The fourth-order valence-corrected chi connectivity index (χ4v) is 1.54. The van der Waals surface area contributed by atoms with Gasteiger partial charge >= 0.3 is 5.97 Å². The van der Waals surface area contributed by atoms with E-state index in [0.29, 0.717) is 5.02 Å². The number of carboxylic acids is 1. The van der Waals surface area contributed by atoms with E-state index in [9.17, 15) is 9.90 Å². The highest BCUT2D eigenvalue weighted by molar-refractivity contribution is 6.32. The third-order valence-corrected chi connectivity index (χ3v) is 2.33. The SMILES string of the molecule is O=C(O)C(O)c1ccc(Cl)c2c1OCO2. The first-order chi connectivity index (χ1) is 7.11. The quantitative estimate of drug-likeness (QED) is 0.798. The van der Waals surface area contributed by atoms with Crippen LogP contribution in [0.5, 0.6) is 11.5 Å². The van der Waals surface area contributed by atoms with Crippen molar-refractivity contribution >= 4 is 17.6 Å². The van der Waals surface area contributed by atoms with Crippen LogP contribution in [0.4, 0.5) is 0 Å². The molecule has 0 saturated heterocycles. The van der Waals surface area contributed by atoms with Gasteiger partial charge < -0.3 is 19.7 Å². The number of benzene rings is 1. The zero-order valence-electron chi connectivity index (χ0n) is 7.44. The Morgan fingerprint density at radius 3 is 2.73 bits per heavy atom. The minimum absolute atomic E-state index is 0.0294. The van der Waals surface area contributed by atoms with Crippen LogP contribution in [0, 0.1) is 0 Å². The number of halogens is 1. The fraction of sp³-hybridized carbons (Fsp3) is 0.222. The van der Waals surface area contributed by atoms with Gasteiger partial charge in [-0.05, 0) is 6.07 Å². The number of aliphatic hydroxyl groups is 1. The smallest absolute Gasteiger partial charge is 0.337 e. The summed E-state index contributed by atoms with van der Waals surface area (Å²) in [6.07, 6.45) is -1.64. The highest BCUT2D eigenvalue weighted by atomic mass is 35.5. The fourth-order valence-electron chi connectivity index (χ4n) is 1.33. The highest BCUT2D eigenvalue weighted by Gasteiger charge is 2.28. The molecule has 1 unspecified atom stereocenters. The van der Waals surface area contributed by atoms with Gasteiger partial charge in [0.15, 0.2) is 17.6 Å². The number of hydrogen-bond acceptors (Lipinski definition) is 4. The normalized spacial score (nSPS) is 15.1. The van der Waals surface area contributed by atoms with Crippen LogP contribution in [0.25, 0.3) is 0 Å². The number of fused-ring (bicyclic) bond motifs is 1. The van der Waals surface area contributed by atoms with Crippen molar-refractivity contribution in [1.29, 1.82) is 0 Å². The van der Waals surface area contributed by atoms with Crippen molar-refractivity contribution in [1.82, 2.24) is 0 Å². The Hall–Kier alpha value is -1.46. The second-order valence-electron chi connectivity index (χ2n) is 2.94. The molecule has 1 aliphatic heterocycles. The van der Waals surface area contributed by atoms with E-state index in [1.54, 1.807) is 0 Å². The van der Waals surface area contributed by atoms with Crippen molar-refractivity contribution in [2.24, 2.45) is 0 Å². The topological polar surface area (TPSA) is 76.0 Å². The second kappa shape index (κ2) is 3.60. The molecular weight excluding hydrogens is 224 g/mol. The van der Waals surface area contributed by atoms with Gasteiger partial charge in [-0.3, -0.25) is 0 Å². The number of aliphatic carboxylic acids is 1. The largest absolute Gasteiger partial charge is 0.479 e. The highest BCUT2D eigenvalue weighted by Crippen LogP contribution is 2.43. The number of ether oxygens (including phenoxy) is 2. The van der Waals surface area contributed by atoms with Gasteiger partial charge in [0.2, 0.25) is 6.79 Å². The molecule has 0 bridgehead atoms. The summed E-state index contributed by atoms with van der Waals surface area (Å²) in [7, 11) is 0. The lowest BCUT2D eigenvalue weighted by atomic mass is 10.1. The minimum Gasteiger partial charge on any atom is -0.479 e. The van der Waals surface area contributed by atoms with Crippen molar-refractivity contribution in [3.8, 4) is 11.5 Å². The molecule has 0 saturated carbocycles. The minimum atomic E-state index is -1.64. The van der Waals surface area contributed by atoms with Gasteiger partial charge in [0.1, 0.15) is 0 Å². The number of carboxylic acid groups (broad SMARTS) is 1. The van der Waals surface area contributed by atoms with Gasteiger partial charge in [0.05, 0.1) is 5.02 Å². The number of carbonyl (C=O) groups is 1. The summed E-state index contributed by atoms with van der Waals surface area (Å²) in [6.45, 7) is -0.0294. The van der Waals surface area contributed by atoms with Crippen molar-refractivity contribution in [3.05, 3.63) is 22.7 Å². The summed E-state index contributed by atoms with van der Waals surface area (Å²) in [5.74, 6) is -0.887. The predicted octanol–water partition coefficient (Wildman–Crippen LogP) is 1.19.